The van der Waals surface area contributed by atoms with Gasteiger partial charge < -0.3 is 14.8 Å². The maximum absolute atomic E-state index is 11.4. The van der Waals surface area contributed by atoms with Crippen molar-refractivity contribution >= 4 is 5.91 Å². The number of allylic oxidation sites excluding steroid dienone is 1. The van der Waals surface area contributed by atoms with E-state index in [0.29, 0.717) is 5.76 Å². The molecule has 1 aromatic rings. The third-order valence-electron chi connectivity index (χ3n) is 2.30. The van der Waals surface area contributed by atoms with E-state index in [4.69, 9.17) is 4.42 Å². The van der Waals surface area contributed by atoms with Gasteiger partial charge in [0.2, 0.25) is 5.91 Å². The van der Waals surface area contributed by atoms with Crippen molar-refractivity contribution in [1.29, 1.82) is 0 Å². The molecule has 0 unspecified atom stereocenters. The molecule has 4 heteroatoms. The normalized spacial score (nSPS) is 13.9. The number of rotatable bonds is 4. The minimum Gasteiger partial charge on any atom is -0.463 e. The summed E-state index contributed by atoms with van der Waals surface area (Å²) >= 11 is 0. The highest BCUT2D eigenvalue weighted by atomic mass is 16.4. The summed E-state index contributed by atoms with van der Waals surface area (Å²) in [6.07, 6.45) is 1.49. The second kappa shape index (κ2) is 5.19. The standard InChI is InChI=1S/C13H19NO3/c1-9(2)7-12(15)14-8-13(4,16)11-6-5-10(3)17-11/h5-7,16H,8H2,1-4H3,(H,14,15)/t13-/m0/s1. The van der Waals surface area contributed by atoms with Crippen molar-refractivity contribution in [2.75, 3.05) is 6.54 Å². The van der Waals surface area contributed by atoms with Crippen LogP contribution < -0.4 is 5.32 Å². The number of hydrogen-bond acceptors (Lipinski definition) is 3. The highest BCUT2D eigenvalue weighted by Gasteiger charge is 2.27. The molecule has 4 nitrogen and oxygen atoms in total. The Labute approximate surface area is 101 Å². The maximum atomic E-state index is 11.4. The first-order valence-electron chi connectivity index (χ1n) is 5.53. The van der Waals surface area contributed by atoms with Gasteiger partial charge >= 0.3 is 0 Å². The van der Waals surface area contributed by atoms with E-state index in [0.717, 1.165) is 11.3 Å². The van der Waals surface area contributed by atoms with E-state index < -0.39 is 5.60 Å². The van der Waals surface area contributed by atoms with Gasteiger partial charge in [-0.1, -0.05) is 5.57 Å². The van der Waals surface area contributed by atoms with E-state index in [2.05, 4.69) is 5.32 Å². The molecule has 0 aliphatic heterocycles. The van der Waals surface area contributed by atoms with Crippen LogP contribution in [0.5, 0.6) is 0 Å². The maximum Gasteiger partial charge on any atom is 0.244 e. The predicted octanol–water partition coefficient (Wildman–Crippen LogP) is 1.88. The number of furan rings is 1. The Hall–Kier alpha value is -1.55. The van der Waals surface area contributed by atoms with Gasteiger partial charge in [-0.05, 0) is 39.8 Å². The molecule has 0 fully saturated rings. The van der Waals surface area contributed by atoms with Gasteiger partial charge in [-0.2, -0.15) is 0 Å². The summed E-state index contributed by atoms with van der Waals surface area (Å²) in [7, 11) is 0. The van der Waals surface area contributed by atoms with Gasteiger partial charge in [-0.15, -0.1) is 0 Å². The molecule has 1 amide bonds. The number of aryl methyl sites for hydroxylation is 1. The van der Waals surface area contributed by atoms with Gasteiger partial charge in [0.15, 0.2) is 0 Å². The Kier molecular flexibility index (Phi) is 4.12. The zero-order chi connectivity index (χ0) is 13.1. The summed E-state index contributed by atoms with van der Waals surface area (Å²) in [6.45, 7) is 7.21. The molecular weight excluding hydrogens is 218 g/mol. The van der Waals surface area contributed by atoms with Crippen molar-refractivity contribution in [3.8, 4) is 0 Å². The topological polar surface area (TPSA) is 62.5 Å². The third-order valence-corrected chi connectivity index (χ3v) is 2.30. The van der Waals surface area contributed by atoms with Gasteiger partial charge in [0, 0.05) is 6.08 Å². The molecule has 1 aromatic heterocycles. The minimum atomic E-state index is -1.20. The van der Waals surface area contributed by atoms with Crippen LogP contribution in [0.25, 0.3) is 0 Å². The molecule has 0 radical (unpaired) electrons. The first kappa shape index (κ1) is 13.5. The highest BCUT2D eigenvalue weighted by molar-refractivity contribution is 5.88. The lowest BCUT2D eigenvalue weighted by Crippen LogP contribution is -2.37. The van der Waals surface area contributed by atoms with Crippen LogP contribution in [0, 0.1) is 6.92 Å². The average molecular weight is 237 g/mol. The van der Waals surface area contributed by atoms with E-state index in [9.17, 15) is 9.90 Å². The van der Waals surface area contributed by atoms with Crippen molar-refractivity contribution in [3.05, 3.63) is 35.3 Å². The molecule has 0 saturated carbocycles. The van der Waals surface area contributed by atoms with E-state index in [1.54, 1.807) is 26.0 Å². The smallest absolute Gasteiger partial charge is 0.244 e. The number of nitrogens with one attached hydrogen (secondary N) is 1. The average Bonchev–Trinajstić information content (AvgIpc) is 2.62. The van der Waals surface area contributed by atoms with E-state index in [1.165, 1.54) is 6.08 Å². The summed E-state index contributed by atoms with van der Waals surface area (Å²) in [5, 5.41) is 12.8. The van der Waals surface area contributed by atoms with Crippen LogP contribution in [-0.4, -0.2) is 17.6 Å². The molecule has 1 heterocycles. The SMILES string of the molecule is CC(C)=CC(=O)NC[C@](C)(O)c1ccc(C)o1. The van der Waals surface area contributed by atoms with Crippen LogP contribution in [0.1, 0.15) is 32.3 Å². The lowest BCUT2D eigenvalue weighted by molar-refractivity contribution is -0.117. The molecule has 1 atom stereocenters. The van der Waals surface area contributed by atoms with E-state index >= 15 is 0 Å². The summed E-state index contributed by atoms with van der Waals surface area (Å²) in [5.74, 6) is 0.969. The second-order valence-corrected chi connectivity index (χ2v) is 4.62. The Morgan fingerprint density at radius 1 is 1.53 bits per heavy atom. The Bertz CT molecular complexity index is 426. The number of aliphatic hydroxyl groups is 1. The number of amides is 1. The van der Waals surface area contributed by atoms with Crippen molar-refractivity contribution in [2.45, 2.75) is 33.3 Å². The molecule has 0 aliphatic carbocycles. The monoisotopic (exact) mass is 237 g/mol. The van der Waals surface area contributed by atoms with E-state index in [1.807, 2.05) is 13.8 Å². The molecule has 0 bridgehead atoms. The van der Waals surface area contributed by atoms with Gasteiger partial charge in [-0.3, -0.25) is 4.79 Å². The fourth-order valence-corrected chi connectivity index (χ4v) is 1.38. The Morgan fingerprint density at radius 3 is 2.65 bits per heavy atom. The summed E-state index contributed by atoms with van der Waals surface area (Å²) in [5.41, 5.74) is -0.282. The van der Waals surface area contributed by atoms with Crippen molar-refractivity contribution < 1.29 is 14.3 Å². The molecule has 17 heavy (non-hydrogen) atoms. The molecule has 0 saturated heterocycles. The van der Waals surface area contributed by atoms with Crippen LogP contribution in [0.2, 0.25) is 0 Å². The zero-order valence-corrected chi connectivity index (χ0v) is 10.7. The lowest BCUT2D eigenvalue weighted by atomic mass is 10.0. The van der Waals surface area contributed by atoms with Crippen LogP contribution in [0.15, 0.2) is 28.2 Å². The molecular formula is C13H19NO3. The molecule has 0 spiro atoms. The summed E-state index contributed by atoms with van der Waals surface area (Å²) in [4.78, 5) is 11.4. The largest absolute Gasteiger partial charge is 0.463 e. The predicted molar refractivity (Wildman–Crippen MR) is 65.5 cm³/mol. The van der Waals surface area contributed by atoms with Gasteiger partial charge in [0.1, 0.15) is 17.1 Å². The van der Waals surface area contributed by atoms with Crippen molar-refractivity contribution in [1.82, 2.24) is 5.32 Å². The fraction of sp³-hybridized carbons (Fsp3) is 0.462. The fourth-order valence-electron chi connectivity index (χ4n) is 1.38. The van der Waals surface area contributed by atoms with Crippen molar-refractivity contribution in [3.63, 3.8) is 0 Å². The van der Waals surface area contributed by atoms with Gasteiger partial charge in [0.25, 0.3) is 0 Å². The van der Waals surface area contributed by atoms with Gasteiger partial charge in [0.05, 0.1) is 6.54 Å². The van der Waals surface area contributed by atoms with E-state index in [-0.39, 0.29) is 12.5 Å². The summed E-state index contributed by atoms with van der Waals surface area (Å²) < 4.78 is 5.34. The minimum absolute atomic E-state index is 0.114. The Balaban J connectivity index is 2.62. The van der Waals surface area contributed by atoms with Crippen LogP contribution in [-0.2, 0) is 10.4 Å². The molecule has 2 N–H and O–H groups in total. The van der Waals surface area contributed by atoms with Gasteiger partial charge in [-0.25, -0.2) is 0 Å². The third kappa shape index (κ3) is 4.07. The number of hydrogen-bond donors (Lipinski definition) is 2. The van der Waals surface area contributed by atoms with Crippen molar-refractivity contribution in [2.24, 2.45) is 0 Å². The quantitative estimate of drug-likeness (QED) is 0.786. The lowest BCUT2D eigenvalue weighted by Gasteiger charge is -2.20. The van der Waals surface area contributed by atoms with Crippen LogP contribution >= 0.6 is 0 Å². The second-order valence-electron chi connectivity index (χ2n) is 4.62. The first-order valence-corrected chi connectivity index (χ1v) is 5.53. The molecule has 94 valence electrons. The first-order chi connectivity index (χ1) is 7.81. The van der Waals surface area contributed by atoms with Crippen LogP contribution in [0.3, 0.4) is 0 Å². The highest BCUT2D eigenvalue weighted by Crippen LogP contribution is 2.21. The van der Waals surface area contributed by atoms with Crippen LogP contribution in [0.4, 0.5) is 0 Å². The summed E-state index contributed by atoms with van der Waals surface area (Å²) in [6, 6.07) is 3.49. The Morgan fingerprint density at radius 2 is 2.18 bits per heavy atom. The molecule has 0 aromatic carbocycles. The molecule has 0 aliphatic rings. The number of carbonyl (C=O) groups is 1. The number of carbonyl (C=O) groups excluding carboxylic acids is 1. The zero-order valence-electron chi connectivity index (χ0n) is 10.7. The molecule has 1 rings (SSSR count).